The molecule has 2 saturated heterocycles. The van der Waals surface area contributed by atoms with Crippen molar-refractivity contribution >= 4 is 52.4 Å². The van der Waals surface area contributed by atoms with Gasteiger partial charge in [0.05, 0.1) is 20.8 Å². The van der Waals surface area contributed by atoms with Crippen LogP contribution in [0.15, 0.2) is 48.0 Å². The molecule has 5 aliphatic rings. The average molecular weight is 806 g/mol. The van der Waals surface area contributed by atoms with Crippen LogP contribution in [0.3, 0.4) is 0 Å². The predicted octanol–water partition coefficient (Wildman–Crippen LogP) is 5.55. The molecule has 2 aliphatic carbocycles. The molecule has 14 heteroatoms. The number of rotatable bonds is 8. The van der Waals surface area contributed by atoms with Gasteiger partial charge < -0.3 is 24.6 Å². The highest BCUT2D eigenvalue weighted by atomic mass is 35.5. The Hall–Kier alpha value is -2.45. The molecule has 10 atom stereocenters. The highest BCUT2D eigenvalue weighted by molar-refractivity contribution is 6.42. The van der Waals surface area contributed by atoms with Crippen LogP contribution in [-0.2, 0) is 36.0 Å². The van der Waals surface area contributed by atoms with Crippen molar-refractivity contribution in [1.82, 2.24) is 15.1 Å². The second-order valence-corrected chi connectivity index (χ2v) is 17.3. The van der Waals surface area contributed by atoms with Gasteiger partial charge in [0.1, 0.15) is 17.2 Å². The third-order valence-electron chi connectivity index (χ3n) is 12.6. The first-order valence-electron chi connectivity index (χ1n) is 18.9. The van der Waals surface area contributed by atoms with Crippen LogP contribution in [0.25, 0.3) is 0 Å². The number of carbonyl (C=O) groups excluding carboxylic acids is 2. The third kappa shape index (κ3) is 7.29. The molecular formula is C40H51Cl3N4O7. The number of para-hydroxylation sites is 1. The Labute approximate surface area is 332 Å². The number of aliphatic hydroxyl groups is 2. The van der Waals surface area contributed by atoms with Crippen LogP contribution in [0, 0.1) is 23.7 Å². The van der Waals surface area contributed by atoms with Gasteiger partial charge in [0.2, 0.25) is 0 Å². The molecule has 2 aromatic carbocycles. The molecule has 0 unspecified atom stereocenters. The minimum absolute atomic E-state index is 0.0464. The van der Waals surface area contributed by atoms with Gasteiger partial charge in [-0.25, -0.2) is 0 Å². The van der Waals surface area contributed by atoms with Gasteiger partial charge >= 0.3 is 11.9 Å². The lowest BCUT2D eigenvalue weighted by Crippen LogP contribution is -2.66. The fourth-order valence-corrected chi connectivity index (χ4v) is 10.3. The highest BCUT2D eigenvalue weighted by Crippen LogP contribution is 2.53. The van der Waals surface area contributed by atoms with Crippen LogP contribution in [0.4, 0.5) is 5.69 Å². The zero-order valence-corrected chi connectivity index (χ0v) is 33.7. The van der Waals surface area contributed by atoms with Gasteiger partial charge in [0.25, 0.3) is 0 Å². The molecule has 1 saturated carbocycles. The Morgan fingerprint density at radius 3 is 2.44 bits per heavy atom. The summed E-state index contributed by atoms with van der Waals surface area (Å²) < 4.78 is 12.2. The number of anilines is 1. The Kier molecular flexibility index (Phi) is 11.4. The van der Waals surface area contributed by atoms with E-state index in [2.05, 4.69) is 28.1 Å². The van der Waals surface area contributed by atoms with Crippen molar-refractivity contribution < 1.29 is 34.1 Å². The minimum atomic E-state index is -1.57. The minimum Gasteiger partial charge on any atom is -0.454 e. The molecule has 3 aliphatic heterocycles. The van der Waals surface area contributed by atoms with Gasteiger partial charge in [-0.3, -0.25) is 29.7 Å². The van der Waals surface area contributed by atoms with E-state index in [9.17, 15) is 19.8 Å². The molecular weight excluding hydrogens is 755 g/mol. The molecule has 0 bridgehead atoms. The van der Waals surface area contributed by atoms with E-state index in [1.807, 2.05) is 32.0 Å². The number of carbonyl (C=O) groups is 2. The summed E-state index contributed by atoms with van der Waals surface area (Å²) in [4.78, 5) is 37.5. The van der Waals surface area contributed by atoms with Crippen molar-refractivity contribution in [3.8, 4) is 0 Å². The van der Waals surface area contributed by atoms with E-state index in [4.69, 9.17) is 49.1 Å². The van der Waals surface area contributed by atoms with Gasteiger partial charge in [0, 0.05) is 71.1 Å². The number of fused-ring (bicyclic) bond motifs is 4. The molecule has 0 amide bonds. The van der Waals surface area contributed by atoms with E-state index in [1.54, 1.807) is 25.2 Å². The molecule has 3 N–H and O–H groups in total. The number of benzene rings is 2. The topological polar surface area (TPSA) is 124 Å². The lowest BCUT2D eigenvalue weighted by Gasteiger charge is -2.56. The number of ether oxygens (including phenoxy) is 2. The van der Waals surface area contributed by atoms with E-state index in [0.29, 0.717) is 32.7 Å². The van der Waals surface area contributed by atoms with Crippen molar-refractivity contribution in [1.29, 1.82) is 0 Å². The summed E-state index contributed by atoms with van der Waals surface area (Å²) in [5.74, 6) is -1.49. The van der Waals surface area contributed by atoms with Gasteiger partial charge in [-0.2, -0.15) is 0 Å². The maximum Gasteiger partial charge on any atom is 0.323 e. The Balaban J connectivity index is 1.07. The van der Waals surface area contributed by atoms with Crippen molar-refractivity contribution in [2.75, 3.05) is 44.8 Å². The summed E-state index contributed by atoms with van der Waals surface area (Å²) in [5.41, 5.74) is -0.145. The normalized spacial score (nSPS) is 34.7. The van der Waals surface area contributed by atoms with Crippen LogP contribution in [0.1, 0.15) is 58.1 Å². The number of hydrogen-bond donors (Lipinski definition) is 3. The van der Waals surface area contributed by atoms with Crippen molar-refractivity contribution in [2.24, 2.45) is 23.7 Å². The van der Waals surface area contributed by atoms with E-state index in [1.165, 1.54) is 12.0 Å². The van der Waals surface area contributed by atoms with Gasteiger partial charge in [-0.05, 0) is 66.9 Å². The molecule has 3 heterocycles. The lowest BCUT2D eigenvalue weighted by molar-refractivity contribution is -0.225. The second-order valence-electron chi connectivity index (χ2n) is 16.1. The van der Waals surface area contributed by atoms with Crippen LogP contribution in [0.2, 0.25) is 15.1 Å². The molecule has 0 radical (unpaired) electrons. The van der Waals surface area contributed by atoms with Crippen molar-refractivity contribution in [3.05, 3.63) is 74.2 Å². The molecule has 294 valence electrons. The summed E-state index contributed by atoms with van der Waals surface area (Å²) >= 11 is 18.9. The zero-order valence-electron chi connectivity index (χ0n) is 31.4. The van der Waals surface area contributed by atoms with Crippen LogP contribution in [0.5, 0.6) is 0 Å². The Morgan fingerprint density at radius 2 is 1.74 bits per heavy atom. The molecule has 0 spiro atoms. The summed E-state index contributed by atoms with van der Waals surface area (Å²) in [6.45, 7) is 12.8. The monoisotopic (exact) mass is 804 g/mol. The molecule has 3 fully saturated rings. The quantitative estimate of drug-likeness (QED) is 0.230. The Morgan fingerprint density at radius 1 is 1.02 bits per heavy atom. The summed E-state index contributed by atoms with van der Waals surface area (Å²) in [7, 11) is 1.69. The largest absolute Gasteiger partial charge is 0.454 e. The fraction of sp³-hybridized carbons (Fsp3) is 0.600. The van der Waals surface area contributed by atoms with Crippen molar-refractivity contribution in [3.63, 3.8) is 0 Å². The van der Waals surface area contributed by atoms with Gasteiger partial charge in [-0.1, -0.05) is 72.9 Å². The van der Waals surface area contributed by atoms with Crippen LogP contribution in [-0.4, -0.2) is 102 Å². The average Bonchev–Trinajstić information content (AvgIpc) is 3.47. The molecule has 54 heavy (non-hydrogen) atoms. The number of nitrogens with one attached hydrogen (secondary N) is 1. The van der Waals surface area contributed by atoms with E-state index < -0.39 is 47.6 Å². The van der Waals surface area contributed by atoms with Crippen LogP contribution < -0.4 is 10.4 Å². The number of nitrogens with zero attached hydrogens (tertiary/aromatic N) is 3. The van der Waals surface area contributed by atoms with E-state index in [-0.39, 0.29) is 30.1 Å². The number of esters is 2. The molecule has 7 rings (SSSR count). The van der Waals surface area contributed by atoms with Gasteiger partial charge in [-0.15, -0.1) is 0 Å². The summed E-state index contributed by atoms with van der Waals surface area (Å²) in [5, 5.41) is 31.0. The fourth-order valence-electron chi connectivity index (χ4n) is 9.73. The standard InChI is InChI=1S/C40H51Cl3N4O7/c1-22-17-29-27(23(2)20-46-13-15-47(16-14-46)21-26-10-12-30(41)32(43)18-26)11-9-24(3)40(29,51)36(35(22)52-25(4)48)53-37(49)33-19-39(50)28-7-6-8-31(42)34(28)45(5)54-38(39)44-33/h6-8,10,12,17-18,23-24,27,29,33,35-36,38,44,50-51H,9,11,13-16,19-21H2,1-5H3/t23-,24+,27-,29+,33-,35+,36-,38+,39+,40+/m0/s1. The SMILES string of the molecule is CC(=O)O[C@@H]1C(C)=C[C@@H]2[C@H]([C@@H](C)CN3CCN(Cc4ccc(Cl)c(Cl)c4)CC3)CC[C@@H](C)[C@]2(O)[C@H]1OC(=O)[C@@H]1C[C@@]2(O)c3cccc(Cl)c3N(C)O[C@H]2N1. The third-order valence-corrected chi connectivity index (χ3v) is 13.7. The maximum atomic E-state index is 14.2. The predicted molar refractivity (Wildman–Crippen MR) is 207 cm³/mol. The van der Waals surface area contributed by atoms with E-state index >= 15 is 0 Å². The number of piperazine rings is 1. The molecule has 2 aromatic rings. The highest BCUT2D eigenvalue weighted by Gasteiger charge is 2.62. The molecule has 11 nitrogen and oxygen atoms in total. The van der Waals surface area contributed by atoms with E-state index in [0.717, 1.165) is 56.8 Å². The zero-order chi connectivity index (χ0) is 38.7. The lowest BCUT2D eigenvalue weighted by atomic mass is 9.55. The first kappa shape index (κ1) is 39.8. The van der Waals surface area contributed by atoms with Crippen LogP contribution >= 0.6 is 34.8 Å². The summed E-state index contributed by atoms with van der Waals surface area (Å²) in [6, 6.07) is 10.0. The maximum absolute atomic E-state index is 14.2. The first-order chi connectivity index (χ1) is 25.6. The Bertz CT molecular complexity index is 1790. The van der Waals surface area contributed by atoms with Crippen molar-refractivity contribution in [2.45, 2.75) is 89.2 Å². The second kappa shape index (κ2) is 15.5. The summed E-state index contributed by atoms with van der Waals surface area (Å²) in [6.07, 6.45) is 0.546. The number of halogens is 3. The molecule has 0 aromatic heterocycles. The van der Waals surface area contributed by atoms with Gasteiger partial charge in [0.15, 0.2) is 18.4 Å². The first-order valence-corrected chi connectivity index (χ1v) is 20.1. The number of hydroxylamine groups is 1. The smallest absolute Gasteiger partial charge is 0.323 e. The number of hydrogen-bond acceptors (Lipinski definition) is 11.